The zero-order valence-electron chi connectivity index (χ0n) is 9.23. The Balaban J connectivity index is 2.03. The topological polar surface area (TPSA) is 35.3 Å². The van der Waals surface area contributed by atoms with E-state index in [1.54, 1.807) is 0 Å². The first-order valence-electron chi connectivity index (χ1n) is 5.72. The van der Waals surface area contributed by atoms with Crippen molar-refractivity contribution in [2.75, 3.05) is 0 Å². The second kappa shape index (κ2) is 4.08. The zero-order chi connectivity index (χ0) is 11.8. The van der Waals surface area contributed by atoms with Gasteiger partial charge in [-0.25, -0.2) is 0 Å². The first kappa shape index (κ1) is 10.7. The van der Waals surface area contributed by atoms with E-state index in [9.17, 15) is 5.21 Å². The Labute approximate surface area is 105 Å². The lowest BCUT2D eigenvalue weighted by atomic mass is 9.91. The van der Waals surface area contributed by atoms with E-state index in [4.69, 9.17) is 16.4 Å². The largest absolute Gasteiger partial charge is 0.390 e. The molecular weight excluding hydrogens is 238 g/mol. The van der Waals surface area contributed by atoms with Crippen molar-refractivity contribution in [2.45, 2.75) is 25.4 Å². The van der Waals surface area contributed by atoms with E-state index >= 15 is 0 Å². The molecule has 0 spiro atoms. The van der Waals surface area contributed by atoms with Crippen LogP contribution in [0.25, 0.3) is 0 Å². The SMILES string of the molecule is [O-][N+]1=C2CCCC=C2C(c2ccccc2Cl)O1. The molecule has 1 aliphatic carbocycles. The van der Waals surface area contributed by atoms with E-state index in [2.05, 4.69) is 6.08 Å². The monoisotopic (exact) mass is 249 g/mol. The molecule has 0 aromatic heterocycles. The molecule has 0 amide bonds. The third kappa shape index (κ3) is 1.71. The molecule has 0 saturated carbocycles. The Hall–Kier alpha value is -1.48. The highest BCUT2D eigenvalue weighted by molar-refractivity contribution is 6.31. The number of hydrogen-bond acceptors (Lipinski definition) is 2. The Kier molecular flexibility index (Phi) is 2.56. The molecule has 3 nitrogen and oxygen atoms in total. The lowest BCUT2D eigenvalue weighted by molar-refractivity contribution is -0.743. The number of allylic oxidation sites excluding steroid dienone is 1. The van der Waals surface area contributed by atoms with Crippen LogP contribution in [0.3, 0.4) is 0 Å². The van der Waals surface area contributed by atoms with Crippen LogP contribution in [0.1, 0.15) is 30.9 Å². The average molecular weight is 250 g/mol. The number of benzene rings is 1. The van der Waals surface area contributed by atoms with Crippen molar-refractivity contribution >= 4 is 17.3 Å². The summed E-state index contributed by atoms with van der Waals surface area (Å²) >= 11 is 6.15. The summed E-state index contributed by atoms with van der Waals surface area (Å²) in [6.07, 6.45) is 4.55. The van der Waals surface area contributed by atoms with Gasteiger partial charge in [-0.05, 0) is 24.5 Å². The molecule has 88 valence electrons. The maximum absolute atomic E-state index is 11.7. The van der Waals surface area contributed by atoms with Crippen LogP contribution in [-0.2, 0) is 4.84 Å². The molecule has 0 bridgehead atoms. The number of halogens is 1. The van der Waals surface area contributed by atoms with Crippen molar-refractivity contribution < 1.29 is 9.74 Å². The maximum atomic E-state index is 11.7. The van der Waals surface area contributed by atoms with Crippen molar-refractivity contribution in [3.8, 4) is 0 Å². The van der Waals surface area contributed by atoms with Crippen LogP contribution in [0.4, 0.5) is 0 Å². The fraction of sp³-hybridized carbons (Fsp3) is 0.308. The quantitative estimate of drug-likeness (QED) is 0.715. The smallest absolute Gasteiger partial charge is 0.249 e. The molecule has 2 aliphatic rings. The van der Waals surface area contributed by atoms with Gasteiger partial charge < -0.3 is 4.84 Å². The predicted octanol–water partition coefficient (Wildman–Crippen LogP) is 3.39. The predicted molar refractivity (Wildman–Crippen MR) is 65.8 cm³/mol. The fourth-order valence-electron chi connectivity index (χ4n) is 2.37. The van der Waals surface area contributed by atoms with Crippen molar-refractivity contribution in [3.05, 3.63) is 51.7 Å². The third-order valence-electron chi connectivity index (χ3n) is 3.21. The number of hydrogen-bond donors (Lipinski definition) is 0. The lowest BCUT2D eigenvalue weighted by Gasteiger charge is -2.16. The molecule has 1 atom stereocenters. The van der Waals surface area contributed by atoms with E-state index in [0.29, 0.717) is 9.92 Å². The summed E-state index contributed by atoms with van der Waals surface area (Å²) in [5, 5.41) is 12.3. The highest BCUT2D eigenvalue weighted by Crippen LogP contribution is 2.38. The van der Waals surface area contributed by atoms with Crippen LogP contribution in [0.2, 0.25) is 5.02 Å². The molecule has 0 radical (unpaired) electrons. The van der Waals surface area contributed by atoms with Crippen LogP contribution < -0.4 is 0 Å². The Bertz CT molecular complexity index is 522. The first-order chi connectivity index (χ1) is 8.27. The molecule has 0 N–H and O–H groups in total. The molecule has 17 heavy (non-hydrogen) atoms. The summed E-state index contributed by atoms with van der Waals surface area (Å²) in [5.41, 5.74) is 2.60. The molecule has 1 heterocycles. The zero-order valence-corrected chi connectivity index (χ0v) is 9.98. The highest BCUT2D eigenvalue weighted by Gasteiger charge is 2.36. The van der Waals surface area contributed by atoms with Gasteiger partial charge >= 0.3 is 0 Å². The molecule has 1 aliphatic heterocycles. The summed E-state index contributed by atoms with van der Waals surface area (Å²) in [6, 6.07) is 7.49. The summed E-state index contributed by atoms with van der Waals surface area (Å²) in [6.45, 7) is 0. The second-order valence-corrected chi connectivity index (χ2v) is 4.67. The van der Waals surface area contributed by atoms with Crippen LogP contribution in [0.15, 0.2) is 35.9 Å². The van der Waals surface area contributed by atoms with E-state index in [1.165, 1.54) is 0 Å². The molecule has 1 aromatic rings. The van der Waals surface area contributed by atoms with Crippen molar-refractivity contribution in [1.82, 2.24) is 0 Å². The van der Waals surface area contributed by atoms with Gasteiger partial charge in [-0.3, -0.25) is 5.21 Å². The van der Waals surface area contributed by atoms with Gasteiger partial charge in [0.05, 0.1) is 0 Å². The summed E-state index contributed by atoms with van der Waals surface area (Å²) in [5.74, 6) is 0. The number of nitrogens with zero attached hydrogens (tertiary/aromatic N) is 1. The normalized spacial score (nSPS) is 23.1. The molecule has 1 unspecified atom stereocenters. The van der Waals surface area contributed by atoms with Gasteiger partial charge in [0.15, 0.2) is 0 Å². The Morgan fingerprint density at radius 1 is 1.35 bits per heavy atom. The van der Waals surface area contributed by atoms with Crippen molar-refractivity contribution in [1.29, 1.82) is 0 Å². The minimum absolute atomic E-state index is 0.337. The molecule has 0 fully saturated rings. The van der Waals surface area contributed by atoms with Gasteiger partial charge in [0.2, 0.25) is 5.71 Å². The van der Waals surface area contributed by atoms with Gasteiger partial charge in [0, 0.05) is 21.9 Å². The second-order valence-electron chi connectivity index (χ2n) is 4.26. The summed E-state index contributed by atoms with van der Waals surface area (Å²) in [7, 11) is 0. The van der Waals surface area contributed by atoms with E-state index in [1.807, 2.05) is 24.3 Å². The number of rotatable bonds is 1. The fourth-order valence-corrected chi connectivity index (χ4v) is 2.61. The van der Waals surface area contributed by atoms with Gasteiger partial charge in [-0.2, -0.15) is 0 Å². The number of fused-ring (bicyclic) bond motifs is 1. The minimum Gasteiger partial charge on any atom is -0.390 e. The molecule has 0 saturated heterocycles. The third-order valence-corrected chi connectivity index (χ3v) is 3.55. The van der Waals surface area contributed by atoms with E-state index in [0.717, 1.165) is 36.1 Å². The van der Waals surface area contributed by atoms with Gasteiger partial charge in [-0.1, -0.05) is 35.9 Å². The summed E-state index contributed by atoms with van der Waals surface area (Å²) < 4.78 is 0. The van der Waals surface area contributed by atoms with Crippen LogP contribution >= 0.6 is 11.6 Å². The van der Waals surface area contributed by atoms with Crippen LogP contribution in [0.5, 0.6) is 0 Å². The molecule has 1 aromatic carbocycles. The molecular formula is C13H12ClNO2. The highest BCUT2D eigenvalue weighted by atomic mass is 35.5. The van der Waals surface area contributed by atoms with Gasteiger partial charge in [0.1, 0.15) is 6.10 Å². The van der Waals surface area contributed by atoms with E-state index in [-0.39, 0.29) is 6.10 Å². The van der Waals surface area contributed by atoms with E-state index < -0.39 is 0 Å². The minimum atomic E-state index is -0.337. The van der Waals surface area contributed by atoms with Gasteiger partial charge in [-0.15, -0.1) is 0 Å². The van der Waals surface area contributed by atoms with Gasteiger partial charge in [0.25, 0.3) is 0 Å². The first-order valence-corrected chi connectivity index (χ1v) is 6.10. The van der Waals surface area contributed by atoms with Crippen LogP contribution in [-0.4, -0.2) is 10.6 Å². The average Bonchev–Trinajstić information content (AvgIpc) is 2.68. The molecule has 3 rings (SSSR count). The lowest BCUT2D eigenvalue weighted by Crippen LogP contribution is -2.11. The standard InChI is InChI=1S/C13H12ClNO2/c14-11-7-3-1-5-9(11)13-10-6-2-4-8-12(10)15(16)17-13/h1,3,5-7,13H,2,4,8H2. The van der Waals surface area contributed by atoms with Crippen molar-refractivity contribution in [2.24, 2.45) is 0 Å². The molecule has 4 heteroatoms. The summed E-state index contributed by atoms with van der Waals surface area (Å²) in [4.78, 5) is 6.01. The Morgan fingerprint density at radius 3 is 3.00 bits per heavy atom. The maximum Gasteiger partial charge on any atom is 0.249 e. The van der Waals surface area contributed by atoms with Crippen molar-refractivity contribution in [3.63, 3.8) is 0 Å². The van der Waals surface area contributed by atoms with Crippen LogP contribution in [0, 0.1) is 5.21 Å². The Morgan fingerprint density at radius 2 is 2.18 bits per heavy atom.